The average Bonchev–Trinajstić information content (AvgIpc) is 2.38. The molecule has 0 saturated carbocycles. The molecule has 0 bridgehead atoms. The van der Waals surface area contributed by atoms with Crippen LogP contribution in [0.25, 0.3) is 0 Å². The van der Waals surface area contributed by atoms with E-state index in [1.807, 2.05) is 13.8 Å². The van der Waals surface area contributed by atoms with E-state index in [2.05, 4.69) is 4.72 Å². The van der Waals surface area contributed by atoms with Gasteiger partial charge in [-0.1, -0.05) is 32.9 Å². The summed E-state index contributed by atoms with van der Waals surface area (Å²) in [6.07, 6.45) is 0.158. The van der Waals surface area contributed by atoms with Crippen LogP contribution in [-0.2, 0) is 14.8 Å². The number of nitrogens with one attached hydrogen (secondary N) is 1. The van der Waals surface area contributed by atoms with E-state index in [1.165, 1.54) is 19.1 Å². The van der Waals surface area contributed by atoms with Gasteiger partial charge in [-0.3, -0.25) is 4.79 Å². The Labute approximate surface area is 120 Å². The van der Waals surface area contributed by atoms with Crippen molar-refractivity contribution < 1.29 is 18.3 Å². The van der Waals surface area contributed by atoms with E-state index in [-0.39, 0.29) is 11.3 Å². The van der Waals surface area contributed by atoms with E-state index >= 15 is 0 Å². The first-order valence-electron chi connectivity index (χ1n) is 6.49. The second-order valence-corrected chi connectivity index (χ2v) is 7.00. The molecule has 0 aliphatic heterocycles. The van der Waals surface area contributed by atoms with E-state index in [4.69, 9.17) is 5.11 Å². The molecule has 0 fully saturated rings. The molecule has 1 unspecified atom stereocenters. The highest BCUT2D eigenvalue weighted by Gasteiger charge is 2.36. The third-order valence-corrected chi connectivity index (χ3v) is 5.01. The summed E-state index contributed by atoms with van der Waals surface area (Å²) < 4.78 is 26.7. The van der Waals surface area contributed by atoms with Crippen LogP contribution in [0.15, 0.2) is 29.2 Å². The fourth-order valence-corrected chi connectivity index (χ4v) is 3.09. The van der Waals surface area contributed by atoms with Gasteiger partial charge in [0, 0.05) is 0 Å². The van der Waals surface area contributed by atoms with Gasteiger partial charge in [0.1, 0.15) is 5.54 Å². The summed E-state index contributed by atoms with van der Waals surface area (Å²) in [6, 6.07) is 6.47. The van der Waals surface area contributed by atoms with Gasteiger partial charge in [0.2, 0.25) is 10.0 Å². The maximum absolute atomic E-state index is 12.2. The molecule has 0 saturated heterocycles. The number of aliphatic carboxylic acids is 1. The SMILES string of the molecule is CCC(C)(NS(=O)(=O)c1ccc(C(C)C)cc1)C(=O)O. The molecule has 0 aliphatic rings. The van der Waals surface area contributed by atoms with Crippen LogP contribution in [0.1, 0.15) is 45.6 Å². The minimum Gasteiger partial charge on any atom is -0.480 e. The first-order chi connectivity index (χ1) is 9.12. The highest BCUT2D eigenvalue weighted by Crippen LogP contribution is 2.19. The molecule has 1 rings (SSSR count). The third kappa shape index (κ3) is 3.58. The Kier molecular flexibility index (Phi) is 4.94. The minimum absolute atomic E-state index is 0.0721. The number of rotatable bonds is 6. The normalized spacial score (nSPS) is 15.1. The lowest BCUT2D eigenvalue weighted by atomic mass is 10.0. The van der Waals surface area contributed by atoms with Crippen LogP contribution in [0.4, 0.5) is 0 Å². The van der Waals surface area contributed by atoms with Crippen LogP contribution < -0.4 is 4.72 Å². The first-order valence-corrected chi connectivity index (χ1v) is 7.98. The summed E-state index contributed by atoms with van der Waals surface area (Å²) in [5.41, 5.74) is -0.476. The number of carboxylic acid groups (broad SMARTS) is 1. The Bertz CT molecular complexity index is 578. The maximum Gasteiger partial charge on any atom is 0.324 e. The zero-order chi connectivity index (χ0) is 15.6. The van der Waals surface area contributed by atoms with Crippen molar-refractivity contribution in [1.82, 2.24) is 4.72 Å². The largest absolute Gasteiger partial charge is 0.480 e. The molecule has 1 aromatic rings. The Morgan fingerprint density at radius 2 is 1.80 bits per heavy atom. The molecule has 0 heterocycles. The molecule has 0 amide bonds. The van der Waals surface area contributed by atoms with Gasteiger partial charge < -0.3 is 5.11 Å². The zero-order valence-corrected chi connectivity index (χ0v) is 13.0. The van der Waals surface area contributed by atoms with Crippen LogP contribution in [-0.4, -0.2) is 25.0 Å². The lowest BCUT2D eigenvalue weighted by Gasteiger charge is -2.24. The van der Waals surface area contributed by atoms with Crippen molar-refractivity contribution >= 4 is 16.0 Å². The minimum atomic E-state index is -3.85. The quantitative estimate of drug-likeness (QED) is 0.844. The predicted octanol–water partition coefficient (Wildman–Crippen LogP) is 2.34. The van der Waals surface area contributed by atoms with Crippen molar-refractivity contribution in [3.63, 3.8) is 0 Å². The lowest BCUT2D eigenvalue weighted by molar-refractivity contribution is -0.143. The summed E-state index contributed by atoms with van der Waals surface area (Å²) in [6.45, 7) is 7.01. The van der Waals surface area contributed by atoms with E-state index in [0.717, 1.165) is 5.56 Å². The molecule has 20 heavy (non-hydrogen) atoms. The van der Waals surface area contributed by atoms with Gasteiger partial charge in [-0.2, -0.15) is 4.72 Å². The summed E-state index contributed by atoms with van der Waals surface area (Å²) >= 11 is 0. The molecule has 5 nitrogen and oxygen atoms in total. The third-order valence-electron chi connectivity index (χ3n) is 3.40. The Balaban J connectivity index is 3.08. The smallest absolute Gasteiger partial charge is 0.324 e. The molecule has 0 aliphatic carbocycles. The summed E-state index contributed by atoms with van der Waals surface area (Å²) in [7, 11) is -3.85. The van der Waals surface area contributed by atoms with Crippen molar-refractivity contribution in [1.29, 1.82) is 0 Å². The standard InChI is InChI=1S/C14H21NO4S/c1-5-14(4,13(16)17)15-20(18,19)12-8-6-11(7-9-12)10(2)3/h6-10,15H,5H2,1-4H3,(H,16,17). The number of hydrogen-bond acceptors (Lipinski definition) is 3. The second kappa shape index (κ2) is 5.93. The van der Waals surface area contributed by atoms with Gasteiger partial charge in [-0.05, 0) is 37.0 Å². The van der Waals surface area contributed by atoms with Crippen LogP contribution >= 0.6 is 0 Å². The molecular weight excluding hydrogens is 278 g/mol. The molecule has 1 aromatic carbocycles. The van der Waals surface area contributed by atoms with Crippen molar-refractivity contribution in [2.24, 2.45) is 0 Å². The Hall–Kier alpha value is -1.40. The fraction of sp³-hybridized carbons (Fsp3) is 0.500. The predicted molar refractivity (Wildman–Crippen MR) is 77.2 cm³/mol. The van der Waals surface area contributed by atoms with E-state index in [0.29, 0.717) is 5.92 Å². The maximum atomic E-state index is 12.2. The lowest BCUT2D eigenvalue weighted by Crippen LogP contribution is -2.51. The zero-order valence-electron chi connectivity index (χ0n) is 12.2. The number of sulfonamides is 1. The monoisotopic (exact) mass is 299 g/mol. The molecule has 0 aromatic heterocycles. The number of carbonyl (C=O) groups is 1. The second-order valence-electron chi connectivity index (χ2n) is 5.32. The van der Waals surface area contributed by atoms with Gasteiger partial charge >= 0.3 is 5.97 Å². The fourth-order valence-electron chi connectivity index (χ4n) is 1.65. The van der Waals surface area contributed by atoms with Crippen LogP contribution in [0.2, 0.25) is 0 Å². The van der Waals surface area contributed by atoms with Gasteiger partial charge in [-0.25, -0.2) is 8.42 Å². The molecule has 2 N–H and O–H groups in total. The van der Waals surface area contributed by atoms with Gasteiger partial charge in [-0.15, -0.1) is 0 Å². The highest BCUT2D eigenvalue weighted by atomic mass is 32.2. The molecule has 112 valence electrons. The molecule has 0 spiro atoms. The van der Waals surface area contributed by atoms with Crippen molar-refractivity contribution in [3.05, 3.63) is 29.8 Å². The molecule has 1 atom stereocenters. The summed E-state index contributed by atoms with van der Waals surface area (Å²) in [5.74, 6) is -0.887. The van der Waals surface area contributed by atoms with Gasteiger partial charge in [0.05, 0.1) is 4.90 Å². The number of benzene rings is 1. The van der Waals surface area contributed by atoms with Gasteiger partial charge in [0.15, 0.2) is 0 Å². The Morgan fingerprint density at radius 1 is 1.30 bits per heavy atom. The average molecular weight is 299 g/mol. The van der Waals surface area contributed by atoms with Crippen LogP contribution in [0.3, 0.4) is 0 Å². The number of hydrogen-bond donors (Lipinski definition) is 2. The molecule has 0 radical (unpaired) electrons. The van der Waals surface area contributed by atoms with E-state index < -0.39 is 21.5 Å². The Morgan fingerprint density at radius 3 is 2.15 bits per heavy atom. The van der Waals surface area contributed by atoms with E-state index in [1.54, 1.807) is 19.1 Å². The van der Waals surface area contributed by atoms with Crippen LogP contribution in [0, 0.1) is 0 Å². The van der Waals surface area contributed by atoms with Crippen molar-refractivity contribution in [3.8, 4) is 0 Å². The molecular formula is C14H21NO4S. The van der Waals surface area contributed by atoms with Crippen LogP contribution in [0.5, 0.6) is 0 Å². The highest BCUT2D eigenvalue weighted by molar-refractivity contribution is 7.89. The first kappa shape index (κ1) is 16.7. The van der Waals surface area contributed by atoms with Crippen molar-refractivity contribution in [2.45, 2.75) is 50.5 Å². The van der Waals surface area contributed by atoms with Crippen molar-refractivity contribution in [2.75, 3.05) is 0 Å². The van der Waals surface area contributed by atoms with Gasteiger partial charge in [0.25, 0.3) is 0 Å². The number of carboxylic acids is 1. The van der Waals surface area contributed by atoms with E-state index in [9.17, 15) is 13.2 Å². The topological polar surface area (TPSA) is 83.5 Å². The summed E-state index contributed by atoms with van der Waals surface area (Å²) in [5, 5.41) is 9.13. The molecule has 6 heteroatoms. The summed E-state index contributed by atoms with van der Waals surface area (Å²) in [4.78, 5) is 11.2.